The molecule has 0 saturated heterocycles. The number of ether oxygens (including phenoxy) is 1. The highest BCUT2D eigenvalue weighted by atomic mass is 32.2. The van der Waals surface area contributed by atoms with Crippen molar-refractivity contribution in [2.24, 2.45) is 5.73 Å². The summed E-state index contributed by atoms with van der Waals surface area (Å²) in [6.45, 7) is 0.449. The molecule has 0 aromatic heterocycles. The fourth-order valence-corrected chi connectivity index (χ4v) is 4.54. The Morgan fingerprint density at radius 2 is 1.29 bits per heavy atom. The van der Waals surface area contributed by atoms with Crippen LogP contribution in [0.1, 0.15) is 16.7 Å². The monoisotopic (exact) mass is 403 g/mol. The molecule has 2 N–H and O–H groups in total. The van der Waals surface area contributed by atoms with Crippen LogP contribution in [0.25, 0.3) is 0 Å². The van der Waals surface area contributed by atoms with E-state index in [2.05, 4.69) is 4.74 Å². The molecule has 6 heteroatoms. The number of halogens is 3. The summed E-state index contributed by atoms with van der Waals surface area (Å²) in [6.07, 6.45) is -4.74. The summed E-state index contributed by atoms with van der Waals surface area (Å²) in [6, 6.07) is 25.6. The van der Waals surface area contributed by atoms with Gasteiger partial charge in [-0.15, -0.1) is 24.9 Å². The summed E-state index contributed by atoms with van der Waals surface area (Å²) in [7, 11) is 0. The average molecular weight is 403 g/mol. The van der Waals surface area contributed by atoms with Crippen molar-refractivity contribution in [1.29, 1.82) is 0 Å². The highest BCUT2D eigenvalue weighted by Crippen LogP contribution is 2.49. The van der Waals surface area contributed by atoms with Gasteiger partial charge in [0.25, 0.3) is 0 Å². The standard InChI is InChI=1S/C22H20F3NOS/c23-22(24,25)27-20-13-7-12-19(16-20)21(28-15-14-26,17-8-3-1-4-9-17)18-10-5-2-6-11-18/h1-13,16H,14-15,26H2. The Morgan fingerprint density at radius 1 is 0.750 bits per heavy atom. The second-order valence-electron chi connectivity index (χ2n) is 6.13. The quantitative estimate of drug-likeness (QED) is 0.524. The first kappa shape index (κ1) is 20.3. The first-order valence-corrected chi connectivity index (χ1v) is 9.75. The van der Waals surface area contributed by atoms with Crippen molar-refractivity contribution in [3.8, 4) is 5.75 Å². The van der Waals surface area contributed by atoms with Crippen molar-refractivity contribution in [3.63, 3.8) is 0 Å². The Balaban J connectivity index is 2.22. The van der Waals surface area contributed by atoms with Crippen molar-refractivity contribution in [2.75, 3.05) is 12.3 Å². The third-order valence-electron chi connectivity index (χ3n) is 4.27. The molecule has 3 aromatic rings. The lowest BCUT2D eigenvalue weighted by molar-refractivity contribution is -0.274. The second-order valence-corrected chi connectivity index (χ2v) is 7.44. The fraction of sp³-hybridized carbons (Fsp3) is 0.182. The SMILES string of the molecule is NCCSC(c1ccccc1)(c1ccccc1)c1cccc(OC(F)(F)F)c1. The van der Waals surface area contributed by atoms with E-state index in [1.807, 2.05) is 66.7 Å². The van der Waals surface area contributed by atoms with Gasteiger partial charge in [-0.25, -0.2) is 0 Å². The summed E-state index contributed by atoms with van der Waals surface area (Å²) in [5.74, 6) is 0.392. The molecule has 0 aliphatic rings. The number of rotatable bonds is 7. The first-order chi connectivity index (χ1) is 13.5. The van der Waals surface area contributed by atoms with E-state index in [0.29, 0.717) is 17.9 Å². The van der Waals surface area contributed by atoms with Crippen molar-refractivity contribution >= 4 is 11.8 Å². The van der Waals surface area contributed by atoms with Gasteiger partial charge in [0.1, 0.15) is 5.75 Å². The van der Waals surface area contributed by atoms with Crippen molar-refractivity contribution in [3.05, 3.63) is 102 Å². The number of benzene rings is 3. The van der Waals surface area contributed by atoms with Crippen molar-refractivity contribution in [1.82, 2.24) is 0 Å². The summed E-state index contributed by atoms with van der Waals surface area (Å²) in [5, 5.41) is 0. The minimum Gasteiger partial charge on any atom is -0.406 e. The maximum atomic E-state index is 12.8. The maximum Gasteiger partial charge on any atom is 0.573 e. The van der Waals surface area contributed by atoms with Gasteiger partial charge in [-0.05, 0) is 28.8 Å². The van der Waals surface area contributed by atoms with Gasteiger partial charge in [0.15, 0.2) is 0 Å². The molecular formula is C22H20F3NOS. The van der Waals surface area contributed by atoms with Crippen LogP contribution in [0.3, 0.4) is 0 Å². The molecule has 3 rings (SSSR count). The van der Waals surface area contributed by atoms with Gasteiger partial charge in [-0.1, -0.05) is 72.8 Å². The molecule has 0 aliphatic carbocycles. The number of nitrogens with two attached hydrogens (primary N) is 1. The van der Waals surface area contributed by atoms with Gasteiger partial charge in [-0.3, -0.25) is 0 Å². The minimum absolute atomic E-state index is 0.241. The lowest BCUT2D eigenvalue weighted by Gasteiger charge is -2.35. The summed E-state index contributed by atoms with van der Waals surface area (Å²) in [4.78, 5) is 0. The Morgan fingerprint density at radius 3 is 1.79 bits per heavy atom. The second kappa shape index (κ2) is 8.71. The van der Waals surface area contributed by atoms with Crippen molar-refractivity contribution in [2.45, 2.75) is 11.1 Å². The largest absolute Gasteiger partial charge is 0.573 e. The predicted octanol–water partition coefficient (Wildman–Crippen LogP) is 5.57. The smallest absolute Gasteiger partial charge is 0.406 e. The number of alkyl halides is 3. The van der Waals surface area contributed by atoms with E-state index in [1.54, 1.807) is 17.8 Å². The first-order valence-electron chi connectivity index (χ1n) is 8.77. The minimum atomic E-state index is -4.74. The molecule has 146 valence electrons. The van der Waals surface area contributed by atoms with Crippen LogP contribution >= 0.6 is 11.8 Å². The van der Waals surface area contributed by atoms with E-state index >= 15 is 0 Å². The fourth-order valence-electron chi connectivity index (χ4n) is 3.22. The molecule has 28 heavy (non-hydrogen) atoms. The van der Waals surface area contributed by atoms with Crippen molar-refractivity contribution < 1.29 is 17.9 Å². The zero-order valence-corrected chi connectivity index (χ0v) is 15.8. The average Bonchev–Trinajstić information content (AvgIpc) is 2.69. The normalized spacial score (nSPS) is 12.0. The predicted molar refractivity (Wildman–Crippen MR) is 107 cm³/mol. The topological polar surface area (TPSA) is 35.2 Å². The maximum absolute atomic E-state index is 12.8. The molecule has 0 amide bonds. The Labute approximate surface area is 166 Å². The van der Waals surface area contributed by atoms with Gasteiger partial charge in [0, 0.05) is 12.3 Å². The molecule has 0 fully saturated rings. The van der Waals surface area contributed by atoms with Crippen LogP contribution in [0.4, 0.5) is 13.2 Å². The van der Waals surface area contributed by atoms with Crippen LogP contribution in [0.5, 0.6) is 5.75 Å². The van der Waals surface area contributed by atoms with E-state index < -0.39 is 11.1 Å². The van der Waals surface area contributed by atoms with Gasteiger partial charge in [0.2, 0.25) is 0 Å². The van der Waals surface area contributed by atoms with E-state index in [1.165, 1.54) is 12.1 Å². The van der Waals surface area contributed by atoms with Gasteiger partial charge < -0.3 is 10.5 Å². The highest BCUT2D eigenvalue weighted by Gasteiger charge is 2.38. The molecule has 0 heterocycles. The van der Waals surface area contributed by atoms with Crippen LogP contribution in [-0.4, -0.2) is 18.7 Å². The van der Waals surface area contributed by atoms with Crippen LogP contribution in [0, 0.1) is 0 Å². The van der Waals surface area contributed by atoms with Gasteiger partial charge >= 0.3 is 6.36 Å². The van der Waals surface area contributed by atoms with E-state index in [0.717, 1.165) is 11.1 Å². The van der Waals surface area contributed by atoms with Crippen LogP contribution in [0.15, 0.2) is 84.9 Å². The molecule has 0 spiro atoms. The van der Waals surface area contributed by atoms with Crippen LogP contribution < -0.4 is 10.5 Å². The molecule has 0 saturated carbocycles. The number of hydrogen-bond donors (Lipinski definition) is 1. The number of hydrogen-bond acceptors (Lipinski definition) is 3. The Kier molecular flexibility index (Phi) is 6.31. The lowest BCUT2D eigenvalue weighted by Crippen LogP contribution is -2.27. The molecule has 2 nitrogen and oxygen atoms in total. The molecule has 3 aromatic carbocycles. The third-order valence-corrected chi connectivity index (χ3v) is 5.85. The summed E-state index contributed by atoms with van der Waals surface area (Å²) >= 11 is 1.59. The Hall–Kier alpha value is -2.44. The lowest BCUT2D eigenvalue weighted by atomic mass is 9.84. The highest BCUT2D eigenvalue weighted by molar-refractivity contribution is 8.00. The molecule has 0 atom stereocenters. The molecule has 0 unspecified atom stereocenters. The van der Waals surface area contributed by atoms with E-state index in [9.17, 15) is 13.2 Å². The zero-order chi connectivity index (χ0) is 20.0. The number of thioether (sulfide) groups is 1. The van der Waals surface area contributed by atoms with Crippen LogP contribution in [-0.2, 0) is 4.75 Å². The van der Waals surface area contributed by atoms with E-state index in [4.69, 9.17) is 5.73 Å². The van der Waals surface area contributed by atoms with E-state index in [-0.39, 0.29) is 5.75 Å². The molecular weight excluding hydrogens is 383 g/mol. The molecule has 0 bridgehead atoms. The van der Waals surface area contributed by atoms with Crippen LogP contribution in [0.2, 0.25) is 0 Å². The van der Waals surface area contributed by atoms with Gasteiger partial charge in [-0.2, -0.15) is 0 Å². The van der Waals surface area contributed by atoms with Gasteiger partial charge in [0.05, 0.1) is 4.75 Å². The zero-order valence-electron chi connectivity index (χ0n) is 15.0. The summed E-state index contributed by atoms with van der Waals surface area (Å²) in [5.41, 5.74) is 8.41. The molecule has 0 aliphatic heterocycles. The third kappa shape index (κ3) is 4.51. The molecule has 0 radical (unpaired) electrons. The summed E-state index contributed by atoms with van der Waals surface area (Å²) < 4.78 is 41.8. The Bertz CT molecular complexity index is 846.